The van der Waals surface area contributed by atoms with Crippen LogP contribution in [0.15, 0.2) is 24.3 Å². The third kappa shape index (κ3) is 3.08. The number of hydrogen-bond acceptors (Lipinski definition) is 5. The van der Waals surface area contributed by atoms with Gasteiger partial charge < -0.3 is 24.2 Å². The Morgan fingerprint density at radius 1 is 1.27 bits per heavy atom. The minimum Gasteiger partial charge on any atom is -0.447 e. The van der Waals surface area contributed by atoms with E-state index in [1.165, 1.54) is 12.1 Å². The lowest BCUT2D eigenvalue weighted by atomic mass is 9.81. The maximum atomic E-state index is 13.2. The summed E-state index contributed by atoms with van der Waals surface area (Å²) in [6.07, 6.45) is -0.560. The molecule has 3 heterocycles. The smallest absolute Gasteiger partial charge is 0.409 e. The van der Waals surface area contributed by atoms with Crippen molar-refractivity contribution in [3.8, 4) is 0 Å². The number of aliphatic hydroxyl groups excluding tert-OH is 1. The van der Waals surface area contributed by atoms with Gasteiger partial charge in [-0.3, -0.25) is 0 Å². The Balaban J connectivity index is 1.49. The Labute approximate surface area is 151 Å². The number of methoxy groups -OCH3 is 1. The zero-order valence-electron chi connectivity index (χ0n) is 14.7. The van der Waals surface area contributed by atoms with Crippen molar-refractivity contribution < 1.29 is 28.5 Å². The van der Waals surface area contributed by atoms with E-state index in [1.54, 1.807) is 24.1 Å². The monoisotopic (exact) mass is 365 g/mol. The van der Waals surface area contributed by atoms with E-state index < -0.39 is 6.10 Å². The van der Waals surface area contributed by atoms with Crippen LogP contribution in [0.25, 0.3) is 0 Å². The van der Waals surface area contributed by atoms with Crippen molar-refractivity contribution >= 4 is 6.09 Å². The average Bonchev–Trinajstić information content (AvgIpc) is 3.25. The van der Waals surface area contributed by atoms with Crippen LogP contribution in [0.1, 0.15) is 17.9 Å². The van der Waals surface area contributed by atoms with Gasteiger partial charge in [-0.2, -0.15) is 0 Å². The lowest BCUT2D eigenvalue weighted by Crippen LogP contribution is -2.46. The Kier molecular flexibility index (Phi) is 4.86. The number of amides is 1. The number of carbonyl (C=O) groups is 1. The molecule has 1 N–H and O–H groups in total. The van der Waals surface area contributed by atoms with Crippen molar-refractivity contribution in [2.75, 3.05) is 33.4 Å². The number of rotatable bonds is 4. The molecule has 3 aliphatic heterocycles. The second kappa shape index (κ2) is 7.13. The molecular weight excluding hydrogens is 341 g/mol. The van der Waals surface area contributed by atoms with Crippen molar-refractivity contribution in [1.29, 1.82) is 0 Å². The Morgan fingerprint density at radius 2 is 2.00 bits per heavy atom. The second-order valence-electron chi connectivity index (χ2n) is 7.36. The molecule has 0 radical (unpaired) electrons. The first-order chi connectivity index (χ1) is 12.6. The van der Waals surface area contributed by atoms with Crippen molar-refractivity contribution in [2.45, 2.75) is 30.7 Å². The molecule has 7 heteroatoms. The fraction of sp³-hybridized carbons (Fsp3) is 0.632. The van der Waals surface area contributed by atoms with Crippen LogP contribution in [0.4, 0.5) is 9.18 Å². The Bertz CT molecular complexity index is 654. The highest BCUT2D eigenvalue weighted by molar-refractivity contribution is 5.68. The summed E-state index contributed by atoms with van der Waals surface area (Å²) in [6.45, 7) is 1.55. The number of aliphatic hydroxyl groups is 1. The number of nitrogens with zero attached hydrogens (tertiary/aromatic N) is 1. The van der Waals surface area contributed by atoms with Crippen molar-refractivity contribution in [3.63, 3.8) is 0 Å². The predicted molar refractivity (Wildman–Crippen MR) is 90.2 cm³/mol. The molecule has 1 amide bonds. The summed E-state index contributed by atoms with van der Waals surface area (Å²) < 4.78 is 29.5. The summed E-state index contributed by atoms with van der Waals surface area (Å²) >= 11 is 0. The van der Waals surface area contributed by atoms with Gasteiger partial charge in [-0.15, -0.1) is 0 Å². The standard InChI is InChI=1S/C19H24FNO5/c1-24-6-7-25-19(23)21-9-14-15(10-21)18-13(8-16(26-18)17(14)22)11-2-4-12(20)5-3-11/h2-5,13-18,22H,6-10H2,1H3/t13-,14-,15+,16+,17+,18-/m1/s1. The van der Waals surface area contributed by atoms with Gasteiger partial charge in [-0.25, -0.2) is 9.18 Å². The molecule has 0 aliphatic carbocycles. The fourth-order valence-corrected chi connectivity index (χ4v) is 4.68. The predicted octanol–water partition coefficient (Wildman–Crippen LogP) is 1.77. The van der Waals surface area contributed by atoms with Crippen LogP contribution in [-0.4, -0.2) is 67.8 Å². The third-order valence-electron chi connectivity index (χ3n) is 5.94. The van der Waals surface area contributed by atoms with Gasteiger partial charge in [0.05, 0.1) is 24.9 Å². The van der Waals surface area contributed by atoms with Crippen LogP contribution in [0.3, 0.4) is 0 Å². The molecule has 6 nitrogen and oxygen atoms in total. The van der Waals surface area contributed by atoms with E-state index in [-0.39, 0.29) is 48.5 Å². The number of hydrogen-bond donors (Lipinski definition) is 1. The number of carbonyl (C=O) groups excluding carboxylic acids is 1. The molecule has 6 atom stereocenters. The van der Waals surface area contributed by atoms with E-state index in [1.807, 2.05) is 0 Å². The molecule has 3 aliphatic rings. The lowest BCUT2D eigenvalue weighted by molar-refractivity contribution is -0.126. The van der Waals surface area contributed by atoms with Gasteiger partial charge in [0.25, 0.3) is 0 Å². The average molecular weight is 365 g/mol. The molecule has 2 bridgehead atoms. The summed E-state index contributed by atoms with van der Waals surface area (Å²) in [5.41, 5.74) is 1.02. The maximum Gasteiger partial charge on any atom is 0.409 e. The van der Waals surface area contributed by atoms with Gasteiger partial charge in [0.2, 0.25) is 0 Å². The molecule has 3 saturated heterocycles. The van der Waals surface area contributed by atoms with Gasteiger partial charge in [0.15, 0.2) is 0 Å². The van der Waals surface area contributed by atoms with Gasteiger partial charge in [0, 0.05) is 38.0 Å². The quantitative estimate of drug-likeness (QED) is 0.824. The van der Waals surface area contributed by atoms with E-state index in [4.69, 9.17) is 14.2 Å². The van der Waals surface area contributed by atoms with Crippen molar-refractivity contribution in [1.82, 2.24) is 4.90 Å². The zero-order valence-corrected chi connectivity index (χ0v) is 14.7. The van der Waals surface area contributed by atoms with E-state index >= 15 is 0 Å². The van der Waals surface area contributed by atoms with Crippen molar-refractivity contribution in [2.24, 2.45) is 11.8 Å². The number of halogens is 1. The summed E-state index contributed by atoms with van der Waals surface area (Å²) in [6, 6.07) is 6.49. The van der Waals surface area contributed by atoms with Gasteiger partial charge in [-0.1, -0.05) is 12.1 Å². The third-order valence-corrected chi connectivity index (χ3v) is 5.94. The van der Waals surface area contributed by atoms with E-state index in [2.05, 4.69) is 0 Å². The van der Waals surface area contributed by atoms with Crippen LogP contribution in [0.2, 0.25) is 0 Å². The normalized spacial score (nSPS) is 35.4. The van der Waals surface area contributed by atoms with Crippen LogP contribution in [-0.2, 0) is 14.2 Å². The zero-order chi connectivity index (χ0) is 18.3. The largest absolute Gasteiger partial charge is 0.447 e. The molecule has 4 rings (SSSR count). The minimum atomic E-state index is -0.599. The maximum absolute atomic E-state index is 13.2. The van der Waals surface area contributed by atoms with Crippen LogP contribution in [0, 0.1) is 17.7 Å². The fourth-order valence-electron chi connectivity index (χ4n) is 4.68. The molecule has 0 aromatic heterocycles. The van der Waals surface area contributed by atoms with E-state index in [0.717, 1.165) is 12.0 Å². The molecule has 0 unspecified atom stereocenters. The number of ether oxygens (including phenoxy) is 3. The molecule has 1 aromatic carbocycles. The minimum absolute atomic E-state index is 0.0147. The molecule has 0 spiro atoms. The first-order valence-corrected chi connectivity index (χ1v) is 9.08. The number of likely N-dealkylation sites (tertiary alicyclic amines) is 1. The van der Waals surface area contributed by atoms with E-state index in [0.29, 0.717) is 19.7 Å². The number of benzene rings is 1. The van der Waals surface area contributed by atoms with Gasteiger partial charge >= 0.3 is 6.09 Å². The van der Waals surface area contributed by atoms with Crippen molar-refractivity contribution in [3.05, 3.63) is 35.6 Å². The Morgan fingerprint density at radius 3 is 2.73 bits per heavy atom. The number of fused-ring (bicyclic) bond motifs is 4. The lowest BCUT2D eigenvalue weighted by Gasteiger charge is -2.36. The highest BCUT2D eigenvalue weighted by atomic mass is 19.1. The molecule has 1 aromatic rings. The Hall–Kier alpha value is -1.70. The summed E-state index contributed by atoms with van der Waals surface area (Å²) in [5.74, 6) is -0.123. The summed E-state index contributed by atoms with van der Waals surface area (Å²) in [5, 5.41) is 10.7. The molecule has 142 valence electrons. The molecule has 0 saturated carbocycles. The molecule has 3 fully saturated rings. The topological polar surface area (TPSA) is 68.2 Å². The summed E-state index contributed by atoms with van der Waals surface area (Å²) in [7, 11) is 1.55. The van der Waals surface area contributed by atoms with Crippen LogP contribution >= 0.6 is 0 Å². The highest BCUT2D eigenvalue weighted by Crippen LogP contribution is 2.50. The first-order valence-electron chi connectivity index (χ1n) is 9.08. The van der Waals surface area contributed by atoms with E-state index in [9.17, 15) is 14.3 Å². The molecule has 26 heavy (non-hydrogen) atoms. The van der Waals surface area contributed by atoms with Gasteiger partial charge in [-0.05, 0) is 24.1 Å². The van der Waals surface area contributed by atoms with Gasteiger partial charge in [0.1, 0.15) is 12.4 Å². The van der Waals surface area contributed by atoms with Crippen LogP contribution < -0.4 is 0 Å². The molecular formula is C19H24FNO5. The highest BCUT2D eigenvalue weighted by Gasteiger charge is 2.57. The first kappa shape index (κ1) is 17.7. The second-order valence-corrected chi connectivity index (χ2v) is 7.36. The SMILES string of the molecule is COCCOC(=O)N1C[C@H]2[C@H](O)[C@@H]3C[C@H](c4ccc(F)cc4)[C@@H](O3)[C@H]2C1. The van der Waals surface area contributed by atoms with Crippen LogP contribution in [0.5, 0.6) is 0 Å². The summed E-state index contributed by atoms with van der Waals surface area (Å²) in [4.78, 5) is 13.9.